The Morgan fingerprint density at radius 2 is 2.03 bits per heavy atom. The fourth-order valence-electron chi connectivity index (χ4n) is 5.24. The Balaban J connectivity index is 1.38. The van der Waals surface area contributed by atoms with Crippen molar-refractivity contribution in [1.29, 1.82) is 0 Å². The summed E-state index contributed by atoms with van der Waals surface area (Å²) in [6, 6.07) is 8.41. The number of pyridine rings is 1. The molecule has 35 heavy (non-hydrogen) atoms. The number of fused-ring (bicyclic) bond motifs is 3. The Hall–Kier alpha value is -3.52. The number of rotatable bonds is 3. The van der Waals surface area contributed by atoms with Gasteiger partial charge in [0, 0.05) is 35.1 Å². The molecule has 0 atom stereocenters. The molecule has 0 saturated carbocycles. The van der Waals surface area contributed by atoms with Crippen molar-refractivity contribution in [2.24, 2.45) is 5.41 Å². The summed E-state index contributed by atoms with van der Waals surface area (Å²) < 4.78 is 6.14. The topological polar surface area (TPSA) is 100 Å². The van der Waals surface area contributed by atoms with E-state index in [1.54, 1.807) is 0 Å². The average Bonchev–Trinajstić information content (AvgIpc) is 3.08. The van der Waals surface area contributed by atoms with Crippen LogP contribution in [-0.4, -0.2) is 43.2 Å². The first-order valence-corrected chi connectivity index (χ1v) is 12.2. The van der Waals surface area contributed by atoms with Gasteiger partial charge in [-0.1, -0.05) is 19.9 Å². The third kappa shape index (κ3) is 4.12. The van der Waals surface area contributed by atoms with Crippen molar-refractivity contribution in [2.75, 3.05) is 18.1 Å². The lowest BCUT2D eigenvalue weighted by molar-refractivity contribution is 0.268. The molecule has 1 aromatic carbocycles. The van der Waals surface area contributed by atoms with Gasteiger partial charge in [0.05, 0.1) is 12.1 Å². The van der Waals surface area contributed by atoms with E-state index in [2.05, 4.69) is 56.9 Å². The highest BCUT2D eigenvalue weighted by molar-refractivity contribution is 5.78. The van der Waals surface area contributed by atoms with Crippen molar-refractivity contribution >= 4 is 17.0 Å². The molecular weight excluding hydrogens is 440 g/mol. The molecule has 4 heterocycles. The number of nitrogens with zero attached hydrogens (tertiary/aromatic N) is 5. The number of aromatic amines is 1. The number of hydrogen-bond donors (Lipinski definition) is 2. The molecule has 1 aliphatic carbocycles. The van der Waals surface area contributed by atoms with Crippen LogP contribution < -0.4 is 9.64 Å². The fourth-order valence-corrected chi connectivity index (χ4v) is 5.24. The van der Waals surface area contributed by atoms with Crippen molar-refractivity contribution in [3.05, 3.63) is 58.9 Å². The molecule has 0 saturated heterocycles. The molecule has 3 aromatic heterocycles. The van der Waals surface area contributed by atoms with Crippen molar-refractivity contribution in [3.8, 4) is 16.9 Å². The first-order valence-electron chi connectivity index (χ1n) is 12.2. The monoisotopic (exact) mass is 470 g/mol. The quantitative estimate of drug-likeness (QED) is 0.464. The highest BCUT2D eigenvalue weighted by Gasteiger charge is 2.31. The van der Waals surface area contributed by atoms with E-state index in [4.69, 9.17) is 9.72 Å². The Morgan fingerprint density at radius 1 is 1.14 bits per heavy atom. The lowest BCUT2D eigenvalue weighted by Crippen LogP contribution is -2.32. The van der Waals surface area contributed by atoms with Gasteiger partial charge in [-0.05, 0) is 55.4 Å². The maximum atomic E-state index is 9.84. The predicted molar refractivity (Wildman–Crippen MR) is 134 cm³/mol. The second kappa shape index (κ2) is 8.30. The van der Waals surface area contributed by atoms with Crippen LogP contribution >= 0.6 is 0 Å². The summed E-state index contributed by atoms with van der Waals surface area (Å²) >= 11 is 0. The SMILES string of the molecule is Cc1nc2ncc(-c3ccc4c(c3)CN(c3nc(CO)nc5c3CC(C)(C)CC5)CCO4)cc2[nH]1. The summed E-state index contributed by atoms with van der Waals surface area (Å²) in [4.78, 5) is 24.0. The first-order chi connectivity index (χ1) is 16.9. The van der Waals surface area contributed by atoms with Crippen molar-refractivity contribution in [1.82, 2.24) is 24.9 Å². The van der Waals surface area contributed by atoms with E-state index in [-0.39, 0.29) is 12.0 Å². The molecule has 0 fully saturated rings. The number of nitrogens with one attached hydrogen (secondary N) is 1. The molecule has 1 aliphatic heterocycles. The molecule has 0 spiro atoms. The Labute approximate surface area is 204 Å². The highest BCUT2D eigenvalue weighted by atomic mass is 16.5. The zero-order valence-electron chi connectivity index (χ0n) is 20.4. The van der Waals surface area contributed by atoms with E-state index in [0.29, 0.717) is 19.0 Å². The van der Waals surface area contributed by atoms with Crippen LogP contribution in [0, 0.1) is 12.3 Å². The molecular formula is C27H30N6O2. The largest absolute Gasteiger partial charge is 0.491 e. The van der Waals surface area contributed by atoms with E-state index in [1.165, 1.54) is 5.56 Å². The number of anilines is 1. The fraction of sp³-hybridized carbons (Fsp3) is 0.407. The maximum Gasteiger partial charge on any atom is 0.177 e. The van der Waals surface area contributed by atoms with Gasteiger partial charge in [-0.15, -0.1) is 0 Å². The smallest absolute Gasteiger partial charge is 0.177 e. The minimum Gasteiger partial charge on any atom is -0.491 e. The number of imidazole rings is 1. The number of aryl methyl sites for hydroxylation is 2. The van der Waals surface area contributed by atoms with Crippen LogP contribution in [0.3, 0.4) is 0 Å². The third-order valence-corrected chi connectivity index (χ3v) is 7.08. The summed E-state index contributed by atoms with van der Waals surface area (Å²) in [5, 5.41) is 9.84. The zero-order valence-corrected chi connectivity index (χ0v) is 20.4. The number of aromatic nitrogens is 5. The van der Waals surface area contributed by atoms with Gasteiger partial charge in [0.25, 0.3) is 0 Å². The molecule has 0 amide bonds. The second-order valence-electron chi connectivity index (χ2n) is 10.4. The number of H-pyrrole nitrogens is 1. The number of hydrogen-bond acceptors (Lipinski definition) is 7. The van der Waals surface area contributed by atoms with Gasteiger partial charge in [0.1, 0.15) is 30.6 Å². The minimum atomic E-state index is -0.155. The van der Waals surface area contributed by atoms with Crippen LogP contribution in [0.1, 0.15) is 48.7 Å². The van der Waals surface area contributed by atoms with Crippen LogP contribution in [0.25, 0.3) is 22.3 Å². The van der Waals surface area contributed by atoms with Gasteiger partial charge in [-0.3, -0.25) is 0 Å². The summed E-state index contributed by atoms with van der Waals surface area (Å²) in [6.45, 7) is 8.36. The summed E-state index contributed by atoms with van der Waals surface area (Å²) in [5.41, 5.74) is 7.37. The van der Waals surface area contributed by atoms with Gasteiger partial charge in [-0.2, -0.15) is 0 Å². The van der Waals surface area contributed by atoms with Gasteiger partial charge in [0.2, 0.25) is 0 Å². The zero-order chi connectivity index (χ0) is 24.2. The molecule has 8 heteroatoms. The van der Waals surface area contributed by atoms with E-state index < -0.39 is 0 Å². The number of aliphatic hydroxyl groups excluding tert-OH is 1. The van der Waals surface area contributed by atoms with Gasteiger partial charge < -0.3 is 19.7 Å². The summed E-state index contributed by atoms with van der Waals surface area (Å²) in [5.74, 6) is 3.18. The highest BCUT2D eigenvalue weighted by Crippen LogP contribution is 2.39. The van der Waals surface area contributed by atoms with Crippen LogP contribution in [0.4, 0.5) is 5.82 Å². The third-order valence-electron chi connectivity index (χ3n) is 7.08. The standard InChI is InChI=1S/C27H30N6O2/c1-16-29-22-11-18(13-28-25(22)30-16)17-4-5-23-19(10-17)14-33(8-9-35-23)26-20-12-27(2,3)7-6-21(20)31-24(15-34)32-26/h4-5,10-11,13,34H,6-9,12,14-15H2,1-3H3,(H,28,29,30). The van der Waals surface area contributed by atoms with Crippen LogP contribution in [-0.2, 0) is 26.0 Å². The Morgan fingerprint density at radius 3 is 2.89 bits per heavy atom. The van der Waals surface area contributed by atoms with Crippen LogP contribution in [0.5, 0.6) is 5.75 Å². The van der Waals surface area contributed by atoms with Gasteiger partial charge in [0.15, 0.2) is 11.5 Å². The van der Waals surface area contributed by atoms with Crippen LogP contribution in [0.15, 0.2) is 30.5 Å². The Bertz CT molecular complexity index is 1430. The van der Waals surface area contributed by atoms with Crippen molar-refractivity contribution in [3.63, 3.8) is 0 Å². The summed E-state index contributed by atoms with van der Waals surface area (Å²) in [6.07, 6.45) is 4.81. The molecule has 0 radical (unpaired) electrons. The lowest BCUT2D eigenvalue weighted by Gasteiger charge is -2.34. The first kappa shape index (κ1) is 22.0. The number of ether oxygens (including phenoxy) is 1. The normalized spacial score (nSPS) is 17.0. The molecule has 0 unspecified atom stereocenters. The van der Waals surface area contributed by atoms with Gasteiger partial charge >= 0.3 is 0 Å². The Kier molecular flexibility index (Phi) is 5.21. The predicted octanol–water partition coefficient (Wildman–Crippen LogP) is 4.13. The van der Waals surface area contributed by atoms with E-state index in [1.807, 2.05) is 19.2 Å². The molecule has 8 nitrogen and oxygen atoms in total. The van der Waals surface area contributed by atoms with Crippen LogP contribution in [0.2, 0.25) is 0 Å². The molecule has 2 N–H and O–H groups in total. The molecule has 6 rings (SSSR count). The molecule has 180 valence electrons. The number of benzene rings is 1. The molecule has 0 bridgehead atoms. The summed E-state index contributed by atoms with van der Waals surface area (Å²) in [7, 11) is 0. The van der Waals surface area contributed by atoms with Crippen molar-refractivity contribution < 1.29 is 9.84 Å². The van der Waals surface area contributed by atoms with E-state index in [0.717, 1.165) is 76.7 Å². The van der Waals surface area contributed by atoms with E-state index in [9.17, 15) is 5.11 Å². The molecule has 2 aliphatic rings. The lowest BCUT2D eigenvalue weighted by atomic mass is 9.76. The van der Waals surface area contributed by atoms with Gasteiger partial charge in [-0.25, -0.2) is 19.9 Å². The maximum absolute atomic E-state index is 9.84. The minimum absolute atomic E-state index is 0.155. The second-order valence-corrected chi connectivity index (χ2v) is 10.4. The van der Waals surface area contributed by atoms with E-state index >= 15 is 0 Å². The van der Waals surface area contributed by atoms with Crippen molar-refractivity contribution in [2.45, 2.75) is 53.2 Å². The molecule has 4 aromatic rings. The number of aliphatic hydroxyl groups is 1. The average molecular weight is 471 g/mol.